The highest BCUT2D eigenvalue weighted by Gasteiger charge is 2.31. The van der Waals surface area contributed by atoms with Crippen LogP contribution in [0.15, 0.2) is 23.1 Å². The number of ether oxygens (including phenoxy) is 2. The predicted octanol–water partition coefficient (Wildman–Crippen LogP) is 2.22. The zero-order valence-electron chi connectivity index (χ0n) is 14.6. The van der Waals surface area contributed by atoms with Crippen molar-refractivity contribution in [3.8, 4) is 11.5 Å². The van der Waals surface area contributed by atoms with Gasteiger partial charge in [0.25, 0.3) is 5.91 Å². The van der Waals surface area contributed by atoms with Gasteiger partial charge in [0.15, 0.2) is 0 Å². The first kappa shape index (κ1) is 20.3. The van der Waals surface area contributed by atoms with Crippen LogP contribution in [0, 0.1) is 0 Å². The lowest BCUT2D eigenvalue weighted by molar-refractivity contribution is -0.305. The van der Waals surface area contributed by atoms with E-state index in [1.807, 2.05) is 0 Å². The number of benzene rings is 1. The van der Waals surface area contributed by atoms with Crippen LogP contribution in [0.4, 0.5) is 0 Å². The highest BCUT2D eigenvalue weighted by atomic mass is 32.2. The van der Waals surface area contributed by atoms with Crippen molar-refractivity contribution < 1.29 is 24.2 Å². The van der Waals surface area contributed by atoms with Crippen LogP contribution < -0.4 is 14.6 Å². The van der Waals surface area contributed by atoms with Gasteiger partial charge < -0.3 is 19.4 Å². The zero-order chi connectivity index (χ0) is 19.1. The van der Waals surface area contributed by atoms with Crippen LogP contribution in [0.1, 0.15) is 31.2 Å². The molecule has 6 nitrogen and oxygen atoms in total. The molecule has 0 spiro atoms. The van der Waals surface area contributed by atoms with Crippen molar-refractivity contribution in [2.45, 2.75) is 25.7 Å². The summed E-state index contributed by atoms with van der Waals surface area (Å²) in [7, 11) is 3.14. The number of carbonyl (C=O) groups excluding carboxylic acids is 2. The van der Waals surface area contributed by atoms with Gasteiger partial charge in [0.05, 0.1) is 19.1 Å². The summed E-state index contributed by atoms with van der Waals surface area (Å²) >= 11 is 6.55. The normalized spacial score (nSPS) is 15.6. The average Bonchev–Trinajstić information content (AvgIpc) is 2.88. The summed E-state index contributed by atoms with van der Waals surface area (Å²) < 4.78 is 11.1. The van der Waals surface area contributed by atoms with E-state index in [9.17, 15) is 14.7 Å². The molecule has 8 heteroatoms. The number of thioether (sulfide) groups is 1. The van der Waals surface area contributed by atoms with E-state index in [4.69, 9.17) is 21.7 Å². The van der Waals surface area contributed by atoms with E-state index in [-0.39, 0.29) is 12.3 Å². The number of hydrogen-bond acceptors (Lipinski definition) is 7. The lowest BCUT2D eigenvalue weighted by atomic mass is 10.1. The topological polar surface area (TPSA) is 78.9 Å². The SMILES string of the molecule is COc1ccc(OC)c(C=C2SC(=S)N(CCCCCC(=O)[O-])C2=O)c1. The third kappa shape index (κ3) is 5.22. The van der Waals surface area contributed by atoms with Crippen molar-refractivity contribution >= 4 is 46.3 Å². The average molecular weight is 394 g/mol. The Kier molecular flexibility index (Phi) is 7.47. The summed E-state index contributed by atoms with van der Waals surface area (Å²) in [5, 5.41) is 10.4. The maximum absolute atomic E-state index is 12.6. The van der Waals surface area contributed by atoms with Crippen molar-refractivity contribution in [3.63, 3.8) is 0 Å². The van der Waals surface area contributed by atoms with Crippen LogP contribution in [0.5, 0.6) is 11.5 Å². The molecule has 140 valence electrons. The largest absolute Gasteiger partial charge is 0.550 e. The second kappa shape index (κ2) is 9.59. The molecule has 1 amide bonds. The molecule has 1 aromatic carbocycles. The van der Waals surface area contributed by atoms with Gasteiger partial charge in [-0.15, -0.1) is 0 Å². The molecule has 0 atom stereocenters. The molecule has 0 saturated carbocycles. The maximum Gasteiger partial charge on any atom is 0.266 e. The van der Waals surface area contributed by atoms with Crippen LogP contribution in [0.25, 0.3) is 6.08 Å². The fourth-order valence-corrected chi connectivity index (χ4v) is 3.80. The van der Waals surface area contributed by atoms with Crippen molar-refractivity contribution in [1.29, 1.82) is 0 Å². The summed E-state index contributed by atoms with van der Waals surface area (Å²) in [6, 6.07) is 5.36. The quantitative estimate of drug-likeness (QED) is 0.361. The van der Waals surface area contributed by atoms with Gasteiger partial charge in [-0.25, -0.2) is 0 Å². The Labute approximate surface area is 162 Å². The molecule has 0 unspecified atom stereocenters. The molecule has 1 aromatic rings. The molecule has 0 N–H and O–H groups in total. The first-order valence-corrected chi connectivity index (χ1v) is 9.36. The lowest BCUT2D eigenvalue weighted by Gasteiger charge is -2.14. The fraction of sp³-hybridized carbons (Fsp3) is 0.389. The third-order valence-electron chi connectivity index (χ3n) is 3.86. The van der Waals surface area contributed by atoms with Gasteiger partial charge in [-0.2, -0.15) is 0 Å². The minimum Gasteiger partial charge on any atom is -0.550 e. The molecule has 26 heavy (non-hydrogen) atoms. The highest BCUT2D eigenvalue weighted by molar-refractivity contribution is 8.26. The Bertz CT molecular complexity index is 732. The number of thiocarbonyl (C=S) groups is 1. The number of nitrogens with zero attached hydrogens (tertiary/aromatic N) is 1. The van der Waals surface area contributed by atoms with Crippen molar-refractivity contribution in [2.24, 2.45) is 0 Å². The van der Waals surface area contributed by atoms with Crippen molar-refractivity contribution in [2.75, 3.05) is 20.8 Å². The molecular weight excluding hydrogens is 374 g/mol. The fourth-order valence-electron chi connectivity index (χ4n) is 2.50. The van der Waals surface area contributed by atoms with Crippen LogP contribution in [-0.2, 0) is 9.59 Å². The summed E-state index contributed by atoms with van der Waals surface area (Å²) in [5.74, 6) is 0.106. The Hall–Kier alpha value is -2.06. The molecule has 1 saturated heterocycles. The van der Waals surface area contributed by atoms with Crippen molar-refractivity contribution in [3.05, 3.63) is 28.7 Å². The Morgan fingerprint density at radius 1 is 1.27 bits per heavy atom. The molecule has 0 radical (unpaired) electrons. The van der Waals surface area contributed by atoms with E-state index in [2.05, 4.69) is 0 Å². The summed E-state index contributed by atoms with van der Waals surface area (Å²) in [6.45, 7) is 0.476. The maximum atomic E-state index is 12.6. The predicted molar refractivity (Wildman–Crippen MR) is 103 cm³/mol. The molecule has 0 aromatic heterocycles. The van der Waals surface area contributed by atoms with Gasteiger partial charge >= 0.3 is 0 Å². The van der Waals surface area contributed by atoms with E-state index in [0.717, 1.165) is 5.56 Å². The molecular formula is C18H20NO5S2-. The summed E-state index contributed by atoms with van der Waals surface area (Å²) in [4.78, 5) is 25.1. The number of hydrogen-bond donors (Lipinski definition) is 0. The van der Waals surface area contributed by atoms with Gasteiger partial charge in [0.2, 0.25) is 0 Å². The second-order valence-corrected chi connectivity index (χ2v) is 7.30. The van der Waals surface area contributed by atoms with E-state index in [1.165, 1.54) is 11.8 Å². The van der Waals surface area contributed by atoms with Crippen LogP contribution >= 0.6 is 24.0 Å². The van der Waals surface area contributed by atoms with Gasteiger partial charge in [-0.05, 0) is 43.5 Å². The first-order valence-electron chi connectivity index (χ1n) is 8.13. The molecule has 1 fully saturated rings. The smallest absolute Gasteiger partial charge is 0.266 e. The summed E-state index contributed by atoms with van der Waals surface area (Å²) in [5.41, 5.74) is 0.737. The Morgan fingerprint density at radius 3 is 2.69 bits per heavy atom. The molecule has 1 aliphatic heterocycles. The van der Waals surface area contributed by atoms with Gasteiger partial charge in [0, 0.05) is 18.1 Å². The van der Waals surface area contributed by atoms with E-state index in [1.54, 1.807) is 43.4 Å². The summed E-state index contributed by atoms with van der Waals surface area (Å²) in [6.07, 6.45) is 3.71. The monoisotopic (exact) mass is 394 g/mol. The standard InChI is InChI=1S/C18H21NO5S2/c1-23-13-7-8-14(24-2)12(10-13)11-15-17(22)19(18(25)26-15)9-5-3-4-6-16(20)21/h7-8,10-11H,3-6,9H2,1-2H3,(H,20,21)/p-1. The minimum absolute atomic E-state index is 0.0356. The van der Waals surface area contributed by atoms with Gasteiger partial charge in [0.1, 0.15) is 15.8 Å². The van der Waals surface area contributed by atoms with E-state index in [0.29, 0.717) is 46.5 Å². The van der Waals surface area contributed by atoms with E-state index < -0.39 is 5.97 Å². The number of rotatable bonds is 9. The highest BCUT2D eigenvalue weighted by Crippen LogP contribution is 2.35. The number of amides is 1. The third-order valence-corrected chi connectivity index (χ3v) is 5.24. The number of unbranched alkanes of at least 4 members (excludes halogenated alkanes) is 2. The molecule has 0 bridgehead atoms. The molecule has 0 aliphatic carbocycles. The van der Waals surface area contributed by atoms with Gasteiger partial charge in [-0.1, -0.05) is 30.4 Å². The Morgan fingerprint density at radius 2 is 2.04 bits per heavy atom. The number of aliphatic carboxylic acids is 1. The van der Waals surface area contributed by atoms with Crippen LogP contribution in [0.2, 0.25) is 0 Å². The number of carbonyl (C=O) groups is 2. The number of carboxylic acids is 1. The Balaban J connectivity index is 2.06. The molecule has 1 aliphatic rings. The zero-order valence-corrected chi connectivity index (χ0v) is 16.3. The number of methoxy groups -OCH3 is 2. The van der Waals surface area contributed by atoms with Crippen LogP contribution in [-0.4, -0.2) is 41.9 Å². The number of carboxylic acid groups (broad SMARTS) is 1. The first-order chi connectivity index (χ1) is 12.5. The minimum atomic E-state index is -1.05. The van der Waals surface area contributed by atoms with Crippen LogP contribution in [0.3, 0.4) is 0 Å². The second-order valence-electron chi connectivity index (χ2n) is 5.62. The lowest BCUT2D eigenvalue weighted by Crippen LogP contribution is -2.29. The molecule has 2 rings (SSSR count). The molecule has 1 heterocycles. The van der Waals surface area contributed by atoms with Crippen molar-refractivity contribution in [1.82, 2.24) is 4.90 Å². The van der Waals surface area contributed by atoms with Gasteiger partial charge in [-0.3, -0.25) is 9.69 Å². The van der Waals surface area contributed by atoms with E-state index >= 15 is 0 Å².